The van der Waals surface area contributed by atoms with Gasteiger partial charge in [-0.1, -0.05) is 29.8 Å². The van der Waals surface area contributed by atoms with Crippen LogP contribution < -0.4 is 16.0 Å². The molecule has 2 aliphatic heterocycles. The Balaban J connectivity index is 1.62. The number of piperidine rings is 1. The summed E-state index contributed by atoms with van der Waals surface area (Å²) in [6, 6.07) is 8.40. The molecule has 9 nitrogen and oxygen atoms in total. The van der Waals surface area contributed by atoms with E-state index in [0.717, 1.165) is 64.0 Å². The molecule has 3 rings (SSSR count). The monoisotopic (exact) mass is 504 g/mol. The van der Waals surface area contributed by atoms with Crippen LogP contribution in [0.15, 0.2) is 24.3 Å². The van der Waals surface area contributed by atoms with Crippen LogP contribution in [-0.4, -0.2) is 83.2 Å². The van der Waals surface area contributed by atoms with Gasteiger partial charge in [0.2, 0.25) is 0 Å². The van der Waals surface area contributed by atoms with E-state index in [9.17, 15) is 9.59 Å². The van der Waals surface area contributed by atoms with Crippen molar-refractivity contribution in [2.75, 3.05) is 60.2 Å². The number of carbonyl (C=O) groups excluding carboxylic acids is 2. The van der Waals surface area contributed by atoms with Crippen LogP contribution in [0.5, 0.6) is 0 Å². The van der Waals surface area contributed by atoms with Crippen LogP contribution in [0.1, 0.15) is 49.3 Å². The Labute approximate surface area is 215 Å². The molecule has 2 heterocycles. The number of amides is 3. The second-order valence-electron chi connectivity index (χ2n) is 10.00. The summed E-state index contributed by atoms with van der Waals surface area (Å²) < 4.78 is 16.6. The Morgan fingerprint density at radius 1 is 1.25 bits per heavy atom. The highest BCUT2D eigenvalue weighted by Gasteiger charge is 2.32. The van der Waals surface area contributed by atoms with Gasteiger partial charge in [0.05, 0.1) is 19.8 Å². The second kappa shape index (κ2) is 15.0. The Bertz CT molecular complexity index is 817. The van der Waals surface area contributed by atoms with Gasteiger partial charge in [-0.15, -0.1) is 0 Å². The maximum Gasteiger partial charge on any atom is 0.406 e. The van der Waals surface area contributed by atoms with Gasteiger partial charge in [0.15, 0.2) is 0 Å². The van der Waals surface area contributed by atoms with E-state index < -0.39 is 6.09 Å². The minimum absolute atomic E-state index is 0.00738. The van der Waals surface area contributed by atoms with E-state index in [1.54, 1.807) is 0 Å². The molecule has 202 valence electrons. The van der Waals surface area contributed by atoms with Gasteiger partial charge in [0.1, 0.15) is 0 Å². The quantitative estimate of drug-likeness (QED) is 0.400. The number of aryl methyl sites for hydroxylation is 1. The van der Waals surface area contributed by atoms with Crippen LogP contribution in [0.3, 0.4) is 0 Å². The van der Waals surface area contributed by atoms with Crippen molar-refractivity contribution in [2.45, 2.75) is 51.2 Å². The first-order valence-electron chi connectivity index (χ1n) is 13.3. The molecule has 4 atom stereocenters. The van der Waals surface area contributed by atoms with Crippen LogP contribution in [0.2, 0.25) is 0 Å². The van der Waals surface area contributed by atoms with Gasteiger partial charge in [-0.25, -0.2) is 9.59 Å². The van der Waals surface area contributed by atoms with E-state index in [-0.39, 0.29) is 24.1 Å². The fraction of sp³-hybridized carbons (Fsp3) is 0.704. The van der Waals surface area contributed by atoms with Crippen molar-refractivity contribution < 1.29 is 23.8 Å². The van der Waals surface area contributed by atoms with Gasteiger partial charge in [-0.2, -0.15) is 0 Å². The molecule has 1 aromatic carbocycles. The summed E-state index contributed by atoms with van der Waals surface area (Å²) in [6.07, 6.45) is 4.45. The van der Waals surface area contributed by atoms with Crippen molar-refractivity contribution in [3.63, 3.8) is 0 Å². The minimum Gasteiger partial charge on any atom is -0.453 e. The van der Waals surface area contributed by atoms with Crippen molar-refractivity contribution in [3.8, 4) is 0 Å². The highest BCUT2D eigenvalue weighted by atomic mass is 16.5. The molecule has 9 heteroatoms. The zero-order valence-electron chi connectivity index (χ0n) is 22.1. The number of hydrogen-bond donors (Lipinski definition) is 3. The number of likely N-dealkylation sites (tertiary alicyclic amines) is 1. The summed E-state index contributed by atoms with van der Waals surface area (Å²) in [5, 5.41) is 9.18. The molecule has 2 unspecified atom stereocenters. The molecule has 3 N–H and O–H groups in total. The number of nitrogens with zero attached hydrogens (tertiary/aromatic N) is 1. The number of alkyl carbamates (subject to hydrolysis) is 1. The lowest BCUT2D eigenvalue weighted by atomic mass is 9.88. The van der Waals surface area contributed by atoms with Crippen molar-refractivity contribution >= 4 is 12.1 Å². The third kappa shape index (κ3) is 8.94. The third-order valence-electron chi connectivity index (χ3n) is 7.05. The minimum atomic E-state index is -0.470. The van der Waals surface area contributed by atoms with Gasteiger partial charge in [0.25, 0.3) is 0 Å². The van der Waals surface area contributed by atoms with E-state index >= 15 is 0 Å². The van der Waals surface area contributed by atoms with Crippen LogP contribution >= 0.6 is 0 Å². The summed E-state index contributed by atoms with van der Waals surface area (Å²) in [5.74, 6) is 0.656. The van der Waals surface area contributed by atoms with Crippen LogP contribution in [0.25, 0.3) is 0 Å². The smallest absolute Gasteiger partial charge is 0.406 e. The Hall–Kier alpha value is -2.36. The standard InChI is InChI=1S/C27H44N4O5/c1-20-7-4-9-22(15-20)25(36-14-11-29-27(33)34-3)23-10-5-12-31(18-23)26(32)30-24(17-28-2)16-21-8-6-13-35-19-21/h4,7,9,15,21,23-25,28H,5-6,8,10-14,16-19H2,1-3H3,(H,29,33)(H,30,32)/t21?,23-,24+,25?/m1/s1. The van der Waals surface area contributed by atoms with Crippen molar-refractivity contribution in [2.24, 2.45) is 11.8 Å². The molecular formula is C27H44N4O5. The average molecular weight is 505 g/mol. The fourth-order valence-electron chi connectivity index (χ4n) is 5.31. The van der Waals surface area contributed by atoms with Gasteiger partial charge >= 0.3 is 12.1 Å². The largest absolute Gasteiger partial charge is 0.453 e. The van der Waals surface area contributed by atoms with E-state index in [2.05, 4.69) is 45.8 Å². The second-order valence-corrected chi connectivity index (χ2v) is 10.00. The third-order valence-corrected chi connectivity index (χ3v) is 7.05. The molecule has 0 bridgehead atoms. The summed E-state index contributed by atoms with van der Waals surface area (Å²) in [5.41, 5.74) is 2.27. The number of methoxy groups -OCH3 is 1. The SMILES string of the molecule is CNC[C@H](CC1CCCOC1)NC(=O)N1CCC[C@@H](C(OCCNC(=O)OC)c2cccc(C)c2)C1. The number of hydrogen-bond acceptors (Lipinski definition) is 6. The number of rotatable bonds is 11. The normalized spacial score (nSPS) is 21.9. The maximum absolute atomic E-state index is 13.3. The molecule has 2 aliphatic rings. The molecular weight excluding hydrogens is 460 g/mol. The predicted octanol–water partition coefficient (Wildman–Crippen LogP) is 3.24. The van der Waals surface area contributed by atoms with Gasteiger partial charge in [-0.3, -0.25) is 0 Å². The Morgan fingerprint density at radius 2 is 2.11 bits per heavy atom. The molecule has 3 amide bonds. The Kier molecular flexibility index (Phi) is 11.8. The lowest BCUT2D eigenvalue weighted by Gasteiger charge is -2.38. The average Bonchev–Trinajstić information content (AvgIpc) is 2.89. The van der Waals surface area contributed by atoms with E-state index in [1.807, 2.05) is 18.0 Å². The number of ether oxygens (including phenoxy) is 3. The first kappa shape index (κ1) is 28.2. The zero-order valence-corrected chi connectivity index (χ0v) is 22.1. The van der Waals surface area contributed by atoms with Crippen molar-refractivity contribution in [1.82, 2.24) is 20.9 Å². The molecule has 0 spiro atoms. The lowest BCUT2D eigenvalue weighted by molar-refractivity contribution is -0.00876. The van der Waals surface area contributed by atoms with E-state index in [1.165, 1.54) is 12.7 Å². The van der Waals surface area contributed by atoms with Gasteiger partial charge < -0.3 is 35.1 Å². The van der Waals surface area contributed by atoms with Crippen LogP contribution in [-0.2, 0) is 14.2 Å². The Morgan fingerprint density at radius 3 is 2.83 bits per heavy atom. The summed E-state index contributed by atoms with van der Waals surface area (Å²) in [4.78, 5) is 26.6. The van der Waals surface area contributed by atoms with Crippen molar-refractivity contribution in [1.29, 1.82) is 0 Å². The number of benzene rings is 1. The molecule has 36 heavy (non-hydrogen) atoms. The molecule has 2 fully saturated rings. The first-order valence-corrected chi connectivity index (χ1v) is 13.3. The predicted molar refractivity (Wildman–Crippen MR) is 139 cm³/mol. The van der Waals surface area contributed by atoms with Crippen molar-refractivity contribution in [3.05, 3.63) is 35.4 Å². The van der Waals surface area contributed by atoms with Crippen LogP contribution in [0, 0.1) is 18.8 Å². The lowest BCUT2D eigenvalue weighted by Crippen LogP contribution is -2.52. The molecule has 2 saturated heterocycles. The van der Waals surface area contributed by atoms with Crippen LogP contribution in [0.4, 0.5) is 9.59 Å². The summed E-state index contributed by atoms with van der Waals surface area (Å²) in [7, 11) is 3.27. The summed E-state index contributed by atoms with van der Waals surface area (Å²) >= 11 is 0. The van der Waals surface area contributed by atoms with Gasteiger partial charge in [0, 0.05) is 51.4 Å². The van der Waals surface area contributed by atoms with E-state index in [4.69, 9.17) is 9.47 Å². The fourth-order valence-corrected chi connectivity index (χ4v) is 5.31. The number of carbonyl (C=O) groups is 2. The molecule has 0 aromatic heterocycles. The number of likely N-dealkylation sites (N-methyl/N-ethyl adjacent to an activating group) is 1. The first-order chi connectivity index (χ1) is 17.5. The number of nitrogens with one attached hydrogen (secondary N) is 3. The number of urea groups is 1. The molecule has 1 aromatic rings. The highest BCUT2D eigenvalue weighted by Crippen LogP contribution is 2.33. The summed E-state index contributed by atoms with van der Waals surface area (Å²) in [6.45, 7) is 6.53. The van der Waals surface area contributed by atoms with Gasteiger partial charge in [-0.05, 0) is 57.6 Å². The maximum atomic E-state index is 13.3. The molecule has 0 radical (unpaired) electrons. The molecule has 0 saturated carbocycles. The van der Waals surface area contributed by atoms with E-state index in [0.29, 0.717) is 25.6 Å². The zero-order chi connectivity index (χ0) is 25.8. The molecule has 0 aliphatic carbocycles. The highest BCUT2D eigenvalue weighted by molar-refractivity contribution is 5.74. The topological polar surface area (TPSA) is 101 Å².